The molecule has 7 heteroatoms. The maximum atomic E-state index is 12.2. The maximum absolute atomic E-state index is 12.2. The van der Waals surface area contributed by atoms with E-state index in [2.05, 4.69) is 5.32 Å². The van der Waals surface area contributed by atoms with Crippen LogP contribution in [0, 0.1) is 0 Å². The minimum Gasteiger partial charge on any atom is -0.481 e. The minimum absolute atomic E-state index is 0.124. The fourth-order valence-corrected chi connectivity index (χ4v) is 2.72. The van der Waals surface area contributed by atoms with E-state index < -0.39 is 18.0 Å². The van der Waals surface area contributed by atoms with Gasteiger partial charge in [-0.1, -0.05) is 0 Å². The number of hydrogen-bond acceptors (Lipinski definition) is 4. The van der Waals surface area contributed by atoms with Crippen LogP contribution in [-0.4, -0.2) is 38.8 Å². The smallest absolute Gasteiger partial charge is 0.306 e. The number of carbonyl (C=O) groups excluding carboxylic acids is 1. The van der Waals surface area contributed by atoms with Crippen LogP contribution in [0.15, 0.2) is 36.0 Å². The predicted molar refractivity (Wildman–Crippen MR) is 78.9 cm³/mol. The summed E-state index contributed by atoms with van der Waals surface area (Å²) in [6, 6.07) is 5.54. The molecule has 2 aromatic rings. The number of rotatable bonds is 6. The molecule has 0 aromatic carbocycles. The quantitative estimate of drug-likeness (QED) is 0.754. The van der Waals surface area contributed by atoms with Crippen LogP contribution >= 0.6 is 11.3 Å². The lowest BCUT2D eigenvalue weighted by Gasteiger charge is -2.21. The van der Waals surface area contributed by atoms with Gasteiger partial charge in [0, 0.05) is 18.9 Å². The van der Waals surface area contributed by atoms with Gasteiger partial charge in [-0.25, -0.2) is 0 Å². The van der Waals surface area contributed by atoms with Crippen molar-refractivity contribution >= 4 is 23.2 Å². The zero-order valence-electron chi connectivity index (χ0n) is 11.4. The summed E-state index contributed by atoms with van der Waals surface area (Å²) in [4.78, 5) is 23.3. The fraction of sp³-hybridized carbons (Fsp3) is 0.286. The van der Waals surface area contributed by atoms with Gasteiger partial charge in [-0.2, -0.15) is 0 Å². The largest absolute Gasteiger partial charge is 0.481 e. The van der Waals surface area contributed by atoms with E-state index in [1.807, 2.05) is 35.2 Å². The Morgan fingerprint density at radius 2 is 2.05 bits per heavy atom. The first kappa shape index (κ1) is 15.3. The van der Waals surface area contributed by atoms with Gasteiger partial charge >= 0.3 is 5.97 Å². The van der Waals surface area contributed by atoms with E-state index in [-0.39, 0.29) is 12.5 Å². The normalized spacial score (nSPS) is 13.6. The van der Waals surface area contributed by atoms with Crippen molar-refractivity contribution in [2.24, 2.45) is 0 Å². The molecule has 3 N–H and O–H groups in total. The number of aromatic nitrogens is 1. The molecule has 21 heavy (non-hydrogen) atoms. The second-order valence-electron chi connectivity index (χ2n) is 4.98. The second kappa shape index (κ2) is 6.11. The van der Waals surface area contributed by atoms with Crippen molar-refractivity contribution in [1.29, 1.82) is 0 Å². The number of carbonyl (C=O) groups is 2. The number of aliphatic carboxylic acids is 1. The second-order valence-corrected chi connectivity index (χ2v) is 5.89. The molecule has 0 bridgehead atoms. The molecule has 112 valence electrons. The van der Waals surface area contributed by atoms with Crippen molar-refractivity contribution < 1.29 is 19.8 Å². The van der Waals surface area contributed by atoms with Crippen LogP contribution in [0.2, 0.25) is 0 Å². The number of carboxylic acid groups (broad SMARTS) is 1. The average molecular weight is 308 g/mol. The standard InChI is InChI=1S/C14H16N2O4S/c1-14(20,8-11(17)18)9-15-13(19)12-10(4-7-21-12)16-5-2-3-6-16/h2-7,20H,8-9H2,1H3,(H,15,19)(H,17,18). The summed E-state index contributed by atoms with van der Waals surface area (Å²) in [6.07, 6.45) is 3.24. The van der Waals surface area contributed by atoms with Crippen molar-refractivity contribution in [3.8, 4) is 5.69 Å². The van der Waals surface area contributed by atoms with Crippen LogP contribution in [0.25, 0.3) is 5.69 Å². The predicted octanol–water partition coefficient (Wildman–Crippen LogP) is 1.49. The van der Waals surface area contributed by atoms with Crippen LogP contribution in [0.4, 0.5) is 0 Å². The Kier molecular flexibility index (Phi) is 4.44. The number of amides is 1. The Morgan fingerprint density at radius 3 is 2.67 bits per heavy atom. The molecule has 0 spiro atoms. The monoisotopic (exact) mass is 308 g/mol. The van der Waals surface area contributed by atoms with E-state index in [1.165, 1.54) is 18.3 Å². The Morgan fingerprint density at radius 1 is 1.38 bits per heavy atom. The lowest BCUT2D eigenvalue weighted by atomic mass is 10.0. The van der Waals surface area contributed by atoms with Gasteiger partial charge in [-0.05, 0) is 30.5 Å². The molecule has 2 aromatic heterocycles. The highest BCUT2D eigenvalue weighted by Crippen LogP contribution is 2.21. The highest BCUT2D eigenvalue weighted by atomic mass is 32.1. The molecule has 2 heterocycles. The van der Waals surface area contributed by atoms with Crippen molar-refractivity contribution in [1.82, 2.24) is 9.88 Å². The molecule has 1 amide bonds. The number of thiophene rings is 1. The van der Waals surface area contributed by atoms with E-state index in [4.69, 9.17) is 5.11 Å². The van der Waals surface area contributed by atoms with E-state index in [9.17, 15) is 14.7 Å². The van der Waals surface area contributed by atoms with Crippen LogP contribution in [-0.2, 0) is 4.79 Å². The Labute approximate surface area is 125 Å². The number of hydrogen-bond donors (Lipinski definition) is 3. The summed E-state index contributed by atoms with van der Waals surface area (Å²) in [5.41, 5.74) is -0.729. The van der Waals surface area contributed by atoms with Crippen LogP contribution in [0.5, 0.6) is 0 Å². The molecule has 0 saturated carbocycles. The fourth-order valence-electron chi connectivity index (χ4n) is 1.91. The van der Waals surface area contributed by atoms with E-state index in [1.54, 1.807) is 5.38 Å². The maximum Gasteiger partial charge on any atom is 0.306 e. The summed E-state index contributed by atoms with van der Waals surface area (Å²) in [5.74, 6) is -1.45. The zero-order chi connectivity index (χ0) is 15.5. The molecule has 0 fully saturated rings. The molecule has 1 unspecified atom stereocenters. The molecular weight excluding hydrogens is 292 g/mol. The summed E-state index contributed by atoms with van der Waals surface area (Å²) in [6.45, 7) is 1.25. The Balaban J connectivity index is 2.05. The summed E-state index contributed by atoms with van der Waals surface area (Å²) in [5, 5.41) is 23.0. The highest BCUT2D eigenvalue weighted by molar-refractivity contribution is 7.12. The first-order valence-electron chi connectivity index (χ1n) is 6.32. The van der Waals surface area contributed by atoms with Crippen molar-refractivity contribution in [3.63, 3.8) is 0 Å². The summed E-state index contributed by atoms with van der Waals surface area (Å²) in [7, 11) is 0. The van der Waals surface area contributed by atoms with Gasteiger partial charge < -0.3 is 20.1 Å². The molecule has 0 radical (unpaired) electrons. The van der Waals surface area contributed by atoms with Gasteiger partial charge in [0.2, 0.25) is 0 Å². The first-order chi connectivity index (χ1) is 9.89. The Hall–Kier alpha value is -2.12. The van der Waals surface area contributed by atoms with E-state index in [0.29, 0.717) is 4.88 Å². The topological polar surface area (TPSA) is 91.6 Å². The van der Waals surface area contributed by atoms with Gasteiger partial charge in [0.25, 0.3) is 5.91 Å². The van der Waals surface area contributed by atoms with Gasteiger partial charge in [0.1, 0.15) is 4.88 Å². The van der Waals surface area contributed by atoms with E-state index in [0.717, 1.165) is 5.69 Å². The lowest BCUT2D eigenvalue weighted by Crippen LogP contribution is -2.42. The third kappa shape index (κ3) is 3.93. The minimum atomic E-state index is -1.48. The van der Waals surface area contributed by atoms with Crippen molar-refractivity contribution in [2.45, 2.75) is 18.9 Å². The number of carboxylic acids is 1. The van der Waals surface area contributed by atoms with Gasteiger partial charge in [-0.3, -0.25) is 9.59 Å². The molecule has 1 atom stereocenters. The molecular formula is C14H16N2O4S. The summed E-state index contributed by atoms with van der Waals surface area (Å²) < 4.78 is 1.82. The van der Waals surface area contributed by atoms with Gasteiger partial charge in [0.15, 0.2) is 0 Å². The molecule has 2 rings (SSSR count). The molecule has 0 saturated heterocycles. The molecule has 0 aliphatic rings. The molecule has 0 aliphatic heterocycles. The van der Waals surface area contributed by atoms with E-state index >= 15 is 0 Å². The number of nitrogens with one attached hydrogen (secondary N) is 1. The van der Waals surface area contributed by atoms with Crippen LogP contribution in [0.1, 0.15) is 23.0 Å². The molecule has 6 nitrogen and oxygen atoms in total. The zero-order valence-corrected chi connectivity index (χ0v) is 12.3. The van der Waals surface area contributed by atoms with Crippen molar-refractivity contribution in [3.05, 3.63) is 40.8 Å². The third-order valence-electron chi connectivity index (χ3n) is 2.90. The van der Waals surface area contributed by atoms with Gasteiger partial charge in [-0.15, -0.1) is 11.3 Å². The van der Waals surface area contributed by atoms with Crippen LogP contribution < -0.4 is 5.32 Å². The molecule has 0 aliphatic carbocycles. The number of nitrogens with zero attached hydrogens (tertiary/aromatic N) is 1. The highest BCUT2D eigenvalue weighted by Gasteiger charge is 2.25. The third-order valence-corrected chi connectivity index (χ3v) is 3.80. The lowest BCUT2D eigenvalue weighted by molar-refractivity contribution is -0.141. The average Bonchev–Trinajstić information content (AvgIpc) is 3.04. The first-order valence-corrected chi connectivity index (χ1v) is 7.20. The summed E-state index contributed by atoms with van der Waals surface area (Å²) >= 11 is 1.29. The van der Waals surface area contributed by atoms with Crippen LogP contribution in [0.3, 0.4) is 0 Å². The number of aliphatic hydroxyl groups is 1. The van der Waals surface area contributed by atoms with Crippen molar-refractivity contribution in [2.75, 3.05) is 6.54 Å². The SMILES string of the molecule is CC(O)(CNC(=O)c1sccc1-n1cccc1)CC(=O)O. The Bertz CT molecular complexity index is 631. The van der Waals surface area contributed by atoms with Gasteiger partial charge in [0.05, 0.1) is 17.7 Å².